The summed E-state index contributed by atoms with van der Waals surface area (Å²) in [4.78, 5) is 13.1. The van der Waals surface area contributed by atoms with E-state index in [0.717, 1.165) is 18.9 Å². The van der Waals surface area contributed by atoms with Crippen molar-refractivity contribution >= 4 is 5.78 Å². The summed E-state index contributed by atoms with van der Waals surface area (Å²) in [7, 11) is 1.93. The zero-order valence-electron chi connectivity index (χ0n) is 9.42. The Morgan fingerprint density at radius 3 is 2.64 bits per heavy atom. The van der Waals surface area contributed by atoms with Gasteiger partial charge in [-0.05, 0) is 32.4 Å². The maximum absolute atomic E-state index is 11.1. The number of Topliss-reactive ketones (excluding diaryl/α,β-unsaturated/α-hetero) is 1. The number of ketones is 1. The van der Waals surface area contributed by atoms with E-state index in [1.807, 2.05) is 18.0 Å². The van der Waals surface area contributed by atoms with E-state index >= 15 is 0 Å². The van der Waals surface area contributed by atoms with Crippen molar-refractivity contribution in [2.45, 2.75) is 33.1 Å². The second kappa shape index (κ2) is 7.52. The first-order chi connectivity index (χ1) is 6.56. The minimum Gasteiger partial charge on any atom is -0.299 e. The Bertz CT molecular complexity index is 206. The molecule has 0 saturated carbocycles. The summed E-state index contributed by atoms with van der Waals surface area (Å²) in [6.45, 7) is 5.74. The molecule has 0 aliphatic carbocycles. The Balaban J connectivity index is 3.51. The van der Waals surface area contributed by atoms with Crippen LogP contribution in [-0.2, 0) is 4.79 Å². The highest BCUT2D eigenvalue weighted by Crippen LogP contribution is 2.03. The van der Waals surface area contributed by atoms with E-state index in [4.69, 9.17) is 5.26 Å². The molecule has 0 amide bonds. The lowest BCUT2D eigenvalue weighted by Gasteiger charge is -2.15. The zero-order chi connectivity index (χ0) is 11.0. The maximum Gasteiger partial charge on any atom is 0.160 e. The fourth-order valence-electron chi connectivity index (χ4n) is 1.29. The van der Waals surface area contributed by atoms with Gasteiger partial charge in [0.2, 0.25) is 0 Å². The number of hydrogen-bond acceptors (Lipinski definition) is 3. The minimum atomic E-state index is 0.0135. The van der Waals surface area contributed by atoms with Crippen molar-refractivity contribution in [3.05, 3.63) is 0 Å². The predicted octanol–water partition coefficient (Wildman–Crippen LogP) is 1.84. The standard InChI is InChI=1S/C11H20N2O/c1-10(2)5-4-8-13(3)9-11(14)6-7-12/h10H,4-6,8-9H2,1-3H3. The molecular formula is C11H20N2O. The summed E-state index contributed by atoms with van der Waals surface area (Å²) in [6.07, 6.45) is 2.35. The number of nitrogens with zero attached hydrogens (tertiary/aromatic N) is 2. The first-order valence-electron chi connectivity index (χ1n) is 5.13. The molecule has 0 rings (SSSR count). The molecule has 0 aromatic carbocycles. The van der Waals surface area contributed by atoms with E-state index < -0.39 is 0 Å². The van der Waals surface area contributed by atoms with Gasteiger partial charge >= 0.3 is 0 Å². The van der Waals surface area contributed by atoms with Crippen molar-refractivity contribution in [3.8, 4) is 6.07 Å². The Morgan fingerprint density at radius 1 is 1.50 bits per heavy atom. The molecule has 0 heterocycles. The molecular weight excluding hydrogens is 176 g/mol. The van der Waals surface area contributed by atoms with Crippen molar-refractivity contribution in [3.63, 3.8) is 0 Å². The lowest BCUT2D eigenvalue weighted by Crippen LogP contribution is -2.26. The SMILES string of the molecule is CC(C)CCCN(C)CC(=O)CC#N. The van der Waals surface area contributed by atoms with E-state index in [-0.39, 0.29) is 12.2 Å². The van der Waals surface area contributed by atoms with Gasteiger partial charge in [0.1, 0.15) is 0 Å². The van der Waals surface area contributed by atoms with Crippen LogP contribution in [0.2, 0.25) is 0 Å². The van der Waals surface area contributed by atoms with Crippen LogP contribution in [0.1, 0.15) is 33.1 Å². The molecule has 0 aliphatic rings. The molecule has 80 valence electrons. The minimum absolute atomic E-state index is 0.0135. The summed E-state index contributed by atoms with van der Waals surface area (Å²) in [5.41, 5.74) is 0. The van der Waals surface area contributed by atoms with Crippen LogP contribution in [0.25, 0.3) is 0 Å². The van der Waals surface area contributed by atoms with Gasteiger partial charge in [-0.1, -0.05) is 13.8 Å². The molecule has 0 fully saturated rings. The Morgan fingerprint density at radius 2 is 2.14 bits per heavy atom. The van der Waals surface area contributed by atoms with E-state index in [0.29, 0.717) is 6.54 Å². The van der Waals surface area contributed by atoms with E-state index in [1.54, 1.807) is 0 Å². The molecule has 0 bridgehead atoms. The highest BCUT2D eigenvalue weighted by Gasteiger charge is 2.05. The molecule has 14 heavy (non-hydrogen) atoms. The highest BCUT2D eigenvalue weighted by molar-refractivity contribution is 5.82. The third-order valence-corrected chi connectivity index (χ3v) is 2.04. The monoisotopic (exact) mass is 196 g/mol. The van der Waals surface area contributed by atoms with Crippen LogP contribution in [0.15, 0.2) is 0 Å². The molecule has 0 radical (unpaired) electrons. The number of likely N-dealkylation sites (N-methyl/N-ethyl adjacent to an activating group) is 1. The third-order valence-electron chi connectivity index (χ3n) is 2.04. The van der Waals surface area contributed by atoms with Crippen molar-refractivity contribution in [2.24, 2.45) is 5.92 Å². The van der Waals surface area contributed by atoms with Gasteiger partial charge in [-0.25, -0.2) is 0 Å². The van der Waals surface area contributed by atoms with Crippen LogP contribution in [-0.4, -0.2) is 30.8 Å². The predicted molar refractivity (Wildman–Crippen MR) is 56.8 cm³/mol. The lowest BCUT2D eigenvalue weighted by atomic mass is 10.1. The third kappa shape index (κ3) is 7.75. The topological polar surface area (TPSA) is 44.1 Å². The van der Waals surface area contributed by atoms with Gasteiger partial charge < -0.3 is 0 Å². The number of rotatable bonds is 7. The van der Waals surface area contributed by atoms with Crippen LogP contribution < -0.4 is 0 Å². The molecule has 3 heteroatoms. The van der Waals surface area contributed by atoms with Gasteiger partial charge in [0.15, 0.2) is 5.78 Å². The molecule has 0 spiro atoms. The van der Waals surface area contributed by atoms with Gasteiger partial charge in [0.05, 0.1) is 19.0 Å². The number of hydrogen-bond donors (Lipinski definition) is 0. The number of carbonyl (C=O) groups is 1. The van der Waals surface area contributed by atoms with E-state index in [2.05, 4.69) is 13.8 Å². The van der Waals surface area contributed by atoms with E-state index in [1.165, 1.54) is 6.42 Å². The van der Waals surface area contributed by atoms with Crippen molar-refractivity contribution in [1.82, 2.24) is 4.90 Å². The quantitative estimate of drug-likeness (QED) is 0.624. The molecule has 0 aromatic rings. The van der Waals surface area contributed by atoms with Crippen molar-refractivity contribution < 1.29 is 4.79 Å². The molecule has 0 atom stereocenters. The highest BCUT2D eigenvalue weighted by atomic mass is 16.1. The zero-order valence-corrected chi connectivity index (χ0v) is 9.42. The van der Waals surface area contributed by atoms with Gasteiger partial charge in [-0.3, -0.25) is 9.69 Å². The van der Waals surface area contributed by atoms with Crippen molar-refractivity contribution in [1.29, 1.82) is 5.26 Å². The Hall–Kier alpha value is -0.880. The first-order valence-corrected chi connectivity index (χ1v) is 5.13. The summed E-state index contributed by atoms with van der Waals surface area (Å²) >= 11 is 0. The average Bonchev–Trinajstić information content (AvgIpc) is 2.03. The Kier molecular flexibility index (Phi) is 7.04. The largest absolute Gasteiger partial charge is 0.299 e. The van der Waals surface area contributed by atoms with Crippen LogP contribution in [0, 0.1) is 17.2 Å². The van der Waals surface area contributed by atoms with E-state index in [9.17, 15) is 4.79 Å². The van der Waals surface area contributed by atoms with Crippen LogP contribution in [0.3, 0.4) is 0 Å². The van der Waals surface area contributed by atoms with Gasteiger partial charge in [-0.2, -0.15) is 5.26 Å². The summed E-state index contributed by atoms with van der Waals surface area (Å²) in [5.74, 6) is 0.734. The van der Waals surface area contributed by atoms with Gasteiger partial charge in [0, 0.05) is 0 Å². The summed E-state index contributed by atoms with van der Waals surface area (Å²) in [5, 5.41) is 8.31. The van der Waals surface area contributed by atoms with Gasteiger partial charge in [-0.15, -0.1) is 0 Å². The smallest absolute Gasteiger partial charge is 0.160 e. The maximum atomic E-state index is 11.1. The summed E-state index contributed by atoms with van der Waals surface area (Å²) < 4.78 is 0. The molecule has 3 nitrogen and oxygen atoms in total. The lowest BCUT2D eigenvalue weighted by molar-refractivity contribution is -0.119. The number of nitriles is 1. The second-order valence-electron chi connectivity index (χ2n) is 4.15. The van der Waals surface area contributed by atoms with Crippen molar-refractivity contribution in [2.75, 3.05) is 20.1 Å². The molecule has 0 aliphatic heterocycles. The second-order valence-corrected chi connectivity index (χ2v) is 4.15. The van der Waals surface area contributed by atoms with Gasteiger partial charge in [0.25, 0.3) is 0 Å². The fraction of sp³-hybridized carbons (Fsp3) is 0.818. The first kappa shape index (κ1) is 13.1. The van der Waals surface area contributed by atoms with Crippen LogP contribution in [0.5, 0.6) is 0 Å². The van der Waals surface area contributed by atoms with Crippen LogP contribution in [0.4, 0.5) is 0 Å². The Labute approximate surface area is 86.7 Å². The normalized spacial score (nSPS) is 10.6. The fourth-order valence-corrected chi connectivity index (χ4v) is 1.29. The molecule has 0 aromatic heterocycles. The van der Waals surface area contributed by atoms with Crippen LogP contribution >= 0.6 is 0 Å². The average molecular weight is 196 g/mol. The molecule has 0 unspecified atom stereocenters. The molecule has 0 saturated heterocycles. The summed E-state index contributed by atoms with van der Waals surface area (Å²) in [6, 6.07) is 1.87. The molecule has 0 N–H and O–H groups in total. The number of carbonyl (C=O) groups excluding carboxylic acids is 1.